The third-order valence-electron chi connectivity index (χ3n) is 2.56. The molecule has 15 heavy (non-hydrogen) atoms. The summed E-state index contributed by atoms with van der Waals surface area (Å²) < 4.78 is 5.50. The molecule has 90 valence electrons. The molecule has 1 saturated heterocycles. The summed E-state index contributed by atoms with van der Waals surface area (Å²) in [6.45, 7) is 4.86. The van der Waals surface area contributed by atoms with E-state index in [1.54, 1.807) is 0 Å². The van der Waals surface area contributed by atoms with Gasteiger partial charge in [0.2, 0.25) is 0 Å². The standard InChI is InChI=1S/C11H24N2OS/c1-13(2)5-7-14-6-4-12-9-11-3-8-15-10-11/h11-12H,3-10H2,1-2H3. The van der Waals surface area contributed by atoms with Crippen LogP contribution in [0.25, 0.3) is 0 Å². The molecule has 3 nitrogen and oxygen atoms in total. The quantitative estimate of drug-likeness (QED) is 0.629. The van der Waals surface area contributed by atoms with Crippen LogP contribution in [0.4, 0.5) is 0 Å². The maximum absolute atomic E-state index is 5.50. The monoisotopic (exact) mass is 232 g/mol. The van der Waals surface area contributed by atoms with Crippen molar-refractivity contribution in [1.82, 2.24) is 10.2 Å². The Morgan fingerprint density at radius 3 is 2.93 bits per heavy atom. The molecule has 0 radical (unpaired) electrons. The lowest BCUT2D eigenvalue weighted by molar-refractivity contribution is 0.119. The van der Waals surface area contributed by atoms with Crippen LogP contribution in [0.15, 0.2) is 0 Å². The van der Waals surface area contributed by atoms with Gasteiger partial charge in [-0.05, 0) is 44.5 Å². The molecule has 0 aromatic carbocycles. The minimum absolute atomic E-state index is 0.841. The third-order valence-corrected chi connectivity index (χ3v) is 3.79. The molecular weight excluding hydrogens is 208 g/mol. The molecule has 0 aliphatic carbocycles. The van der Waals surface area contributed by atoms with Gasteiger partial charge >= 0.3 is 0 Å². The molecule has 1 N–H and O–H groups in total. The van der Waals surface area contributed by atoms with E-state index in [2.05, 4.69) is 36.1 Å². The van der Waals surface area contributed by atoms with Crippen molar-refractivity contribution in [2.45, 2.75) is 6.42 Å². The first-order valence-electron chi connectivity index (χ1n) is 5.80. The fourth-order valence-corrected chi connectivity index (χ4v) is 2.83. The van der Waals surface area contributed by atoms with Crippen LogP contribution in [0, 0.1) is 5.92 Å². The molecule has 0 bridgehead atoms. The molecule has 1 rings (SSSR count). The lowest BCUT2D eigenvalue weighted by Crippen LogP contribution is -2.27. The van der Waals surface area contributed by atoms with Crippen LogP contribution in [0.5, 0.6) is 0 Å². The Bertz CT molecular complexity index is 150. The highest BCUT2D eigenvalue weighted by Gasteiger charge is 2.14. The first-order chi connectivity index (χ1) is 7.29. The summed E-state index contributed by atoms with van der Waals surface area (Å²) in [5.41, 5.74) is 0. The summed E-state index contributed by atoms with van der Waals surface area (Å²) >= 11 is 2.08. The Balaban J connectivity index is 1.76. The molecule has 1 aliphatic heterocycles. The smallest absolute Gasteiger partial charge is 0.0593 e. The van der Waals surface area contributed by atoms with E-state index in [-0.39, 0.29) is 0 Å². The largest absolute Gasteiger partial charge is 0.379 e. The number of hydrogen-bond donors (Lipinski definition) is 1. The molecule has 1 aliphatic rings. The van der Waals surface area contributed by atoms with E-state index in [1.807, 2.05) is 0 Å². The zero-order chi connectivity index (χ0) is 10.9. The van der Waals surface area contributed by atoms with Gasteiger partial charge in [0.05, 0.1) is 13.2 Å². The van der Waals surface area contributed by atoms with Gasteiger partial charge in [0, 0.05) is 13.1 Å². The lowest BCUT2D eigenvalue weighted by atomic mass is 10.1. The summed E-state index contributed by atoms with van der Waals surface area (Å²) in [7, 11) is 4.14. The Kier molecular flexibility index (Phi) is 7.44. The van der Waals surface area contributed by atoms with Crippen LogP contribution in [0.2, 0.25) is 0 Å². The maximum atomic E-state index is 5.50. The Hall–Kier alpha value is 0.230. The summed E-state index contributed by atoms with van der Waals surface area (Å²) in [5.74, 6) is 3.59. The van der Waals surface area contributed by atoms with Gasteiger partial charge in [-0.1, -0.05) is 0 Å². The second kappa shape index (κ2) is 8.39. The Labute approximate surface area is 97.9 Å². The first-order valence-corrected chi connectivity index (χ1v) is 6.95. The number of likely N-dealkylation sites (N-methyl/N-ethyl adjacent to an activating group) is 1. The number of hydrogen-bond acceptors (Lipinski definition) is 4. The second-order valence-electron chi connectivity index (χ2n) is 4.35. The van der Waals surface area contributed by atoms with Crippen LogP contribution in [-0.4, -0.2) is 63.3 Å². The topological polar surface area (TPSA) is 24.5 Å². The average Bonchev–Trinajstić information content (AvgIpc) is 2.68. The first kappa shape index (κ1) is 13.3. The maximum Gasteiger partial charge on any atom is 0.0593 e. The van der Waals surface area contributed by atoms with Crippen molar-refractivity contribution >= 4 is 11.8 Å². The van der Waals surface area contributed by atoms with Gasteiger partial charge in [-0.2, -0.15) is 11.8 Å². The Morgan fingerprint density at radius 2 is 2.27 bits per heavy atom. The van der Waals surface area contributed by atoms with Crippen LogP contribution in [-0.2, 0) is 4.74 Å². The van der Waals surface area contributed by atoms with Gasteiger partial charge in [0.15, 0.2) is 0 Å². The van der Waals surface area contributed by atoms with E-state index in [1.165, 1.54) is 24.5 Å². The average molecular weight is 232 g/mol. The van der Waals surface area contributed by atoms with Gasteiger partial charge in [-0.3, -0.25) is 0 Å². The van der Waals surface area contributed by atoms with Crippen molar-refractivity contribution in [2.75, 3.05) is 58.4 Å². The molecule has 4 heteroatoms. The predicted molar refractivity (Wildman–Crippen MR) is 67.7 cm³/mol. The highest BCUT2D eigenvalue weighted by molar-refractivity contribution is 7.99. The number of thioether (sulfide) groups is 1. The minimum atomic E-state index is 0.841. The number of ether oxygens (including phenoxy) is 1. The molecule has 0 spiro atoms. The van der Waals surface area contributed by atoms with Crippen LogP contribution in [0.1, 0.15) is 6.42 Å². The molecule has 0 aromatic heterocycles. The molecule has 0 saturated carbocycles. The van der Waals surface area contributed by atoms with E-state index in [4.69, 9.17) is 4.74 Å². The van der Waals surface area contributed by atoms with E-state index in [0.717, 1.165) is 32.2 Å². The third kappa shape index (κ3) is 7.17. The van der Waals surface area contributed by atoms with E-state index in [0.29, 0.717) is 0 Å². The minimum Gasteiger partial charge on any atom is -0.379 e. The Morgan fingerprint density at radius 1 is 1.40 bits per heavy atom. The van der Waals surface area contributed by atoms with E-state index >= 15 is 0 Å². The van der Waals surface area contributed by atoms with Crippen LogP contribution >= 0.6 is 11.8 Å². The molecule has 1 heterocycles. The summed E-state index contributed by atoms with van der Waals surface area (Å²) in [4.78, 5) is 2.14. The summed E-state index contributed by atoms with van der Waals surface area (Å²) in [6, 6.07) is 0. The number of rotatable bonds is 8. The number of nitrogens with one attached hydrogen (secondary N) is 1. The fraction of sp³-hybridized carbons (Fsp3) is 1.00. The van der Waals surface area contributed by atoms with E-state index < -0.39 is 0 Å². The summed E-state index contributed by atoms with van der Waals surface area (Å²) in [5, 5.41) is 3.46. The van der Waals surface area contributed by atoms with Gasteiger partial charge in [0.1, 0.15) is 0 Å². The highest BCUT2D eigenvalue weighted by Crippen LogP contribution is 2.22. The SMILES string of the molecule is CN(C)CCOCCNCC1CCSC1. The summed E-state index contributed by atoms with van der Waals surface area (Å²) in [6.07, 6.45) is 1.39. The van der Waals surface area contributed by atoms with Gasteiger partial charge < -0.3 is 15.0 Å². The van der Waals surface area contributed by atoms with E-state index in [9.17, 15) is 0 Å². The zero-order valence-corrected chi connectivity index (χ0v) is 10.8. The molecule has 0 amide bonds. The van der Waals surface area contributed by atoms with Gasteiger partial charge in [-0.15, -0.1) is 0 Å². The van der Waals surface area contributed by atoms with Crippen molar-refractivity contribution in [3.63, 3.8) is 0 Å². The molecule has 1 fully saturated rings. The normalized spacial score (nSPS) is 21.4. The predicted octanol–water partition coefficient (Wildman–Crippen LogP) is 0.907. The van der Waals surface area contributed by atoms with Crippen molar-refractivity contribution < 1.29 is 4.74 Å². The number of nitrogens with zero attached hydrogens (tertiary/aromatic N) is 1. The molecule has 1 unspecified atom stereocenters. The van der Waals surface area contributed by atoms with Crippen LogP contribution in [0.3, 0.4) is 0 Å². The van der Waals surface area contributed by atoms with Crippen molar-refractivity contribution in [3.8, 4) is 0 Å². The van der Waals surface area contributed by atoms with Gasteiger partial charge in [0.25, 0.3) is 0 Å². The van der Waals surface area contributed by atoms with Crippen molar-refractivity contribution in [3.05, 3.63) is 0 Å². The molecule has 0 aromatic rings. The molecule has 1 atom stereocenters. The molecular formula is C11H24N2OS. The van der Waals surface area contributed by atoms with Crippen molar-refractivity contribution in [1.29, 1.82) is 0 Å². The zero-order valence-electron chi connectivity index (χ0n) is 10.00. The van der Waals surface area contributed by atoms with Crippen molar-refractivity contribution in [2.24, 2.45) is 5.92 Å². The highest BCUT2D eigenvalue weighted by atomic mass is 32.2. The lowest BCUT2D eigenvalue weighted by Gasteiger charge is -2.11. The second-order valence-corrected chi connectivity index (χ2v) is 5.50. The fourth-order valence-electron chi connectivity index (χ4n) is 1.54. The van der Waals surface area contributed by atoms with Crippen LogP contribution < -0.4 is 5.32 Å². The van der Waals surface area contributed by atoms with Gasteiger partial charge in [-0.25, -0.2) is 0 Å².